The fourth-order valence-electron chi connectivity index (χ4n) is 4.71. The van der Waals surface area contributed by atoms with Crippen molar-refractivity contribution >= 4 is 11.8 Å². The number of likely N-dealkylation sites (tertiary alicyclic amines) is 1. The second-order valence-electron chi connectivity index (χ2n) is 10.4. The van der Waals surface area contributed by atoms with Crippen molar-refractivity contribution in [3.8, 4) is 5.75 Å². The predicted molar refractivity (Wildman–Crippen MR) is 132 cm³/mol. The van der Waals surface area contributed by atoms with Gasteiger partial charge in [-0.3, -0.25) is 4.90 Å². The highest BCUT2D eigenvalue weighted by molar-refractivity contribution is 5.68. The first-order valence-electron chi connectivity index (χ1n) is 12.3. The highest BCUT2D eigenvalue weighted by atomic mass is 19.3. The Morgan fingerprint density at radius 3 is 2.33 bits per heavy atom. The Morgan fingerprint density at radius 1 is 1.03 bits per heavy atom. The second-order valence-corrected chi connectivity index (χ2v) is 10.4. The molecule has 2 saturated heterocycles. The van der Waals surface area contributed by atoms with Crippen molar-refractivity contribution in [2.45, 2.75) is 51.4 Å². The zero-order valence-electron chi connectivity index (χ0n) is 21.1. The molecule has 1 atom stereocenters. The van der Waals surface area contributed by atoms with Gasteiger partial charge in [-0.05, 0) is 44.9 Å². The van der Waals surface area contributed by atoms with Crippen LogP contribution in [0.4, 0.5) is 23.7 Å². The molecule has 9 heteroatoms. The monoisotopic (exact) mass is 505 g/mol. The van der Waals surface area contributed by atoms with Crippen molar-refractivity contribution in [3.63, 3.8) is 0 Å². The third-order valence-corrected chi connectivity index (χ3v) is 6.48. The number of rotatable bonds is 5. The first-order valence-corrected chi connectivity index (χ1v) is 12.3. The average Bonchev–Trinajstić information content (AvgIpc) is 2.82. The van der Waals surface area contributed by atoms with E-state index >= 15 is 8.78 Å². The van der Waals surface area contributed by atoms with Crippen molar-refractivity contribution in [2.75, 3.05) is 44.2 Å². The molecule has 2 aliphatic rings. The zero-order chi connectivity index (χ0) is 25.9. The topological polar surface area (TPSA) is 45.2 Å². The molecule has 0 spiro atoms. The lowest BCUT2D eigenvalue weighted by molar-refractivity contribution is -0.126. The van der Waals surface area contributed by atoms with Crippen LogP contribution in [0.1, 0.15) is 32.8 Å². The van der Waals surface area contributed by atoms with Gasteiger partial charge < -0.3 is 19.3 Å². The van der Waals surface area contributed by atoms with Gasteiger partial charge in [0.2, 0.25) is 0 Å². The van der Waals surface area contributed by atoms with Crippen LogP contribution in [-0.2, 0) is 11.3 Å². The molecular weight excluding hydrogens is 471 g/mol. The van der Waals surface area contributed by atoms with Crippen molar-refractivity contribution in [1.82, 2.24) is 9.80 Å². The number of ether oxygens (including phenoxy) is 2. The molecule has 36 heavy (non-hydrogen) atoms. The Morgan fingerprint density at radius 2 is 1.72 bits per heavy atom. The number of hydrogen-bond acceptors (Lipinski definition) is 5. The molecule has 2 aromatic rings. The minimum absolute atomic E-state index is 0.161. The number of halogens is 3. The van der Waals surface area contributed by atoms with E-state index < -0.39 is 36.0 Å². The van der Waals surface area contributed by atoms with Crippen LogP contribution in [0.3, 0.4) is 0 Å². The number of carbonyl (C=O) groups excluding carboxylic acids is 1. The van der Waals surface area contributed by atoms with Gasteiger partial charge in [-0.1, -0.05) is 30.3 Å². The van der Waals surface area contributed by atoms with E-state index in [1.807, 2.05) is 35.2 Å². The first-order chi connectivity index (χ1) is 17.0. The molecule has 0 aliphatic carbocycles. The molecular formula is C27H34F3N3O3. The van der Waals surface area contributed by atoms with E-state index in [2.05, 4.69) is 0 Å². The molecule has 6 nitrogen and oxygen atoms in total. The van der Waals surface area contributed by atoms with Gasteiger partial charge in [-0.2, -0.15) is 0 Å². The van der Waals surface area contributed by atoms with Crippen molar-refractivity contribution in [1.29, 1.82) is 0 Å². The maximum Gasteiger partial charge on any atom is 0.410 e. The van der Waals surface area contributed by atoms with Gasteiger partial charge in [-0.15, -0.1) is 0 Å². The summed E-state index contributed by atoms with van der Waals surface area (Å²) in [6.45, 7) is 6.68. The summed E-state index contributed by atoms with van der Waals surface area (Å²) in [4.78, 5) is 17.0. The fraction of sp³-hybridized carbons (Fsp3) is 0.519. The number of amides is 1. The number of alkyl halides is 2. The Kier molecular flexibility index (Phi) is 7.68. The van der Waals surface area contributed by atoms with Crippen molar-refractivity contribution < 1.29 is 27.4 Å². The van der Waals surface area contributed by atoms with Crippen molar-refractivity contribution in [2.24, 2.45) is 0 Å². The average molecular weight is 506 g/mol. The van der Waals surface area contributed by atoms with Gasteiger partial charge >= 0.3 is 6.09 Å². The summed E-state index contributed by atoms with van der Waals surface area (Å²) >= 11 is 0. The van der Waals surface area contributed by atoms with E-state index in [1.54, 1.807) is 37.8 Å². The van der Waals surface area contributed by atoms with E-state index in [1.165, 1.54) is 6.07 Å². The van der Waals surface area contributed by atoms with Gasteiger partial charge in [0.1, 0.15) is 23.8 Å². The van der Waals surface area contributed by atoms with Crippen LogP contribution >= 0.6 is 0 Å². The lowest BCUT2D eigenvalue weighted by Crippen LogP contribution is -2.62. The quantitative estimate of drug-likeness (QED) is 0.561. The zero-order valence-corrected chi connectivity index (χ0v) is 21.1. The number of piperidine rings is 1. The molecule has 0 N–H and O–H groups in total. The lowest BCUT2D eigenvalue weighted by Gasteiger charge is -2.46. The van der Waals surface area contributed by atoms with E-state index in [9.17, 15) is 9.18 Å². The van der Waals surface area contributed by atoms with Gasteiger partial charge in [0, 0.05) is 38.8 Å². The maximum absolute atomic E-state index is 15.0. The number of carbonyl (C=O) groups is 1. The summed E-state index contributed by atoms with van der Waals surface area (Å²) in [5.74, 6) is -3.01. The summed E-state index contributed by atoms with van der Waals surface area (Å²) in [6.07, 6.45) is -0.550. The molecule has 196 valence electrons. The Balaban J connectivity index is 1.31. The summed E-state index contributed by atoms with van der Waals surface area (Å²) in [6, 6.07) is 13.5. The van der Waals surface area contributed by atoms with Gasteiger partial charge in [0.05, 0.1) is 18.3 Å². The summed E-state index contributed by atoms with van der Waals surface area (Å²) in [7, 11) is 0. The maximum atomic E-state index is 15.0. The van der Waals surface area contributed by atoms with Crippen LogP contribution in [0.25, 0.3) is 0 Å². The number of piperazine rings is 1. The van der Waals surface area contributed by atoms with Gasteiger partial charge in [0.15, 0.2) is 0 Å². The van der Waals surface area contributed by atoms with Crippen molar-refractivity contribution in [3.05, 3.63) is 59.9 Å². The number of benzene rings is 2. The molecule has 0 radical (unpaired) electrons. The van der Waals surface area contributed by atoms with Crippen LogP contribution < -0.4 is 9.64 Å². The van der Waals surface area contributed by atoms with Crippen LogP contribution in [0, 0.1) is 5.82 Å². The van der Waals surface area contributed by atoms with Gasteiger partial charge in [0.25, 0.3) is 5.92 Å². The molecule has 1 unspecified atom stereocenters. The third kappa shape index (κ3) is 6.43. The highest BCUT2D eigenvalue weighted by Gasteiger charge is 2.49. The van der Waals surface area contributed by atoms with Gasteiger partial charge in [-0.25, -0.2) is 18.0 Å². The molecule has 2 fully saturated rings. The Hall–Kier alpha value is -2.94. The minimum atomic E-state index is -3.06. The Labute approximate surface area is 210 Å². The SMILES string of the molecule is CC(C)(C)OC(=O)N1CCC(N2CCN(c3ccc(OCc4ccccc4)cc3F)CC2)C(F)(F)C1. The number of anilines is 1. The van der Waals surface area contributed by atoms with Crippen LogP contribution in [-0.4, -0.2) is 72.7 Å². The minimum Gasteiger partial charge on any atom is -0.489 e. The molecule has 4 rings (SSSR count). The normalized spacial score (nSPS) is 20.8. The predicted octanol–water partition coefficient (Wildman–Crippen LogP) is 5.17. The Bertz CT molecular complexity index is 1040. The largest absolute Gasteiger partial charge is 0.489 e. The van der Waals surface area contributed by atoms with E-state index in [4.69, 9.17) is 9.47 Å². The summed E-state index contributed by atoms with van der Waals surface area (Å²) in [5.41, 5.74) is 0.696. The number of hydrogen-bond donors (Lipinski definition) is 0. The molecule has 2 heterocycles. The molecule has 0 bridgehead atoms. The van der Waals surface area contributed by atoms with Crippen LogP contribution in [0.2, 0.25) is 0 Å². The van der Waals surface area contributed by atoms with Crippen LogP contribution in [0.5, 0.6) is 5.75 Å². The van der Waals surface area contributed by atoms with E-state index in [0.717, 1.165) is 10.5 Å². The van der Waals surface area contributed by atoms with E-state index in [0.29, 0.717) is 44.2 Å². The third-order valence-electron chi connectivity index (χ3n) is 6.48. The standard InChI is InChI=1S/C27H34F3N3O3/c1-26(2,3)36-25(34)33-12-11-24(27(29,30)19-33)32-15-13-31(14-16-32)23-10-9-21(17-22(23)28)35-18-20-7-5-4-6-8-20/h4-10,17,24H,11-16,18-19H2,1-3H3. The first kappa shape index (κ1) is 26.1. The molecule has 2 aliphatic heterocycles. The second kappa shape index (κ2) is 10.6. The smallest absolute Gasteiger partial charge is 0.410 e. The molecule has 0 aromatic heterocycles. The van der Waals surface area contributed by atoms with E-state index in [-0.39, 0.29) is 13.0 Å². The summed E-state index contributed by atoms with van der Waals surface area (Å²) in [5, 5.41) is 0. The highest BCUT2D eigenvalue weighted by Crippen LogP contribution is 2.33. The molecule has 0 saturated carbocycles. The summed E-state index contributed by atoms with van der Waals surface area (Å²) < 4.78 is 55.9. The lowest BCUT2D eigenvalue weighted by atomic mass is 9.98. The van der Waals surface area contributed by atoms with Crippen LogP contribution in [0.15, 0.2) is 48.5 Å². The molecule has 1 amide bonds. The molecule has 2 aromatic carbocycles. The fourth-order valence-corrected chi connectivity index (χ4v) is 4.71. The number of nitrogens with zero attached hydrogens (tertiary/aromatic N) is 3.